The van der Waals surface area contributed by atoms with Crippen molar-refractivity contribution in [2.24, 2.45) is 0 Å². The first kappa shape index (κ1) is 13.0. The van der Waals surface area contributed by atoms with Gasteiger partial charge in [0.25, 0.3) is 0 Å². The topological polar surface area (TPSA) is 78.5 Å². The first-order chi connectivity index (χ1) is 10.2. The van der Waals surface area contributed by atoms with E-state index < -0.39 is 0 Å². The second kappa shape index (κ2) is 5.20. The van der Waals surface area contributed by atoms with E-state index in [1.165, 1.54) is 4.57 Å². The Kier molecular flexibility index (Phi) is 3.23. The normalized spacial score (nSPS) is 10.7. The van der Waals surface area contributed by atoms with Crippen LogP contribution in [0.4, 0.5) is 0 Å². The Morgan fingerprint density at radius 1 is 1.19 bits per heavy atom. The third-order valence-electron chi connectivity index (χ3n) is 2.98. The number of hydrogen-bond acceptors (Lipinski definition) is 5. The molecule has 0 aliphatic rings. The minimum absolute atomic E-state index is 0.328. The van der Waals surface area contributed by atoms with Crippen LogP contribution >= 0.6 is 0 Å². The van der Waals surface area contributed by atoms with Crippen LogP contribution in [0.2, 0.25) is 0 Å². The van der Waals surface area contributed by atoms with Crippen LogP contribution in [0.3, 0.4) is 0 Å². The lowest BCUT2D eigenvalue weighted by atomic mass is 10.3. The Morgan fingerprint density at radius 2 is 1.95 bits per heavy atom. The summed E-state index contributed by atoms with van der Waals surface area (Å²) in [6, 6.07) is 7.08. The molecule has 0 saturated carbocycles. The summed E-state index contributed by atoms with van der Waals surface area (Å²) in [5.41, 5.74) is 0.268. The van der Waals surface area contributed by atoms with Crippen molar-refractivity contribution in [2.45, 2.75) is 13.3 Å². The molecule has 0 N–H and O–H groups in total. The number of aryl methyl sites for hydroxylation is 1. The average molecular weight is 281 g/mol. The van der Waals surface area contributed by atoms with E-state index in [0.717, 1.165) is 4.68 Å². The molecular formula is C14H13N6O-. The van der Waals surface area contributed by atoms with Gasteiger partial charge in [0.1, 0.15) is 17.3 Å². The van der Waals surface area contributed by atoms with Crippen molar-refractivity contribution in [2.75, 3.05) is 0 Å². The predicted octanol–water partition coefficient (Wildman–Crippen LogP) is 1.09. The molecule has 0 spiro atoms. The van der Waals surface area contributed by atoms with Crippen molar-refractivity contribution in [1.29, 1.82) is 0 Å². The predicted molar refractivity (Wildman–Crippen MR) is 76.8 cm³/mol. The van der Waals surface area contributed by atoms with Crippen molar-refractivity contribution in [3.8, 4) is 17.3 Å². The van der Waals surface area contributed by atoms with Crippen molar-refractivity contribution in [3.05, 3.63) is 60.0 Å². The van der Waals surface area contributed by atoms with Crippen molar-refractivity contribution < 1.29 is 0 Å². The average Bonchev–Trinajstić information content (AvgIpc) is 2.83. The van der Waals surface area contributed by atoms with Gasteiger partial charge in [0, 0.05) is 18.8 Å². The van der Waals surface area contributed by atoms with Crippen molar-refractivity contribution >= 4 is 0 Å². The maximum atomic E-state index is 12.1. The molecule has 0 amide bonds. The summed E-state index contributed by atoms with van der Waals surface area (Å²) in [5.74, 6) is 1.60. The number of nitrogens with zero attached hydrogens (tertiary/aromatic N) is 6. The van der Waals surface area contributed by atoms with Crippen LogP contribution in [0.25, 0.3) is 17.3 Å². The summed E-state index contributed by atoms with van der Waals surface area (Å²) in [6.07, 6.45) is 3.90. The van der Waals surface area contributed by atoms with Gasteiger partial charge >= 0.3 is 0 Å². The third-order valence-corrected chi connectivity index (χ3v) is 2.98. The van der Waals surface area contributed by atoms with E-state index >= 15 is 0 Å². The molecule has 0 aliphatic carbocycles. The maximum absolute atomic E-state index is 12.1. The largest absolute Gasteiger partial charge is 0.360 e. The Balaban J connectivity index is 2.15. The van der Waals surface area contributed by atoms with Gasteiger partial charge in [-0.15, -0.1) is 0 Å². The fourth-order valence-electron chi connectivity index (χ4n) is 2.02. The highest BCUT2D eigenvalue weighted by Crippen LogP contribution is 2.13. The number of hydrogen-bond donors (Lipinski definition) is 0. The Morgan fingerprint density at radius 3 is 2.67 bits per heavy atom. The summed E-state index contributed by atoms with van der Waals surface area (Å²) in [5, 5.41) is 4.09. The van der Waals surface area contributed by atoms with Crippen LogP contribution in [-0.4, -0.2) is 29.3 Å². The van der Waals surface area contributed by atoms with E-state index in [9.17, 15) is 4.79 Å². The minimum Gasteiger partial charge on any atom is -0.360 e. The van der Waals surface area contributed by atoms with Crippen LogP contribution in [0.5, 0.6) is 0 Å². The van der Waals surface area contributed by atoms with E-state index in [1.807, 2.05) is 6.92 Å². The van der Waals surface area contributed by atoms with Crippen LogP contribution in [0.1, 0.15) is 12.7 Å². The zero-order chi connectivity index (χ0) is 14.8. The Hall–Kier alpha value is -2.96. The van der Waals surface area contributed by atoms with E-state index in [0.29, 0.717) is 29.6 Å². The molecule has 3 aromatic rings. The van der Waals surface area contributed by atoms with E-state index in [-0.39, 0.29) is 5.69 Å². The maximum Gasteiger partial charge on any atom is 0.195 e. The monoisotopic (exact) mass is 281 g/mol. The fraction of sp³-hybridized carbons (Fsp3) is 0.143. The summed E-state index contributed by atoms with van der Waals surface area (Å²) in [7, 11) is 3.58. The minimum atomic E-state index is -0.328. The lowest BCUT2D eigenvalue weighted by molar-refractivity contribution is 0.814. The molecular weight excluding hydrogens is 268 g/mol. The molecule has 7 heteroatoms. The van der Waals surface area contributed by atoms with Gasteiger partial charge in [0.15, 0.2) is 11.5 Å². The summed E-state index contributed by atoms with van der Waals surface area (Å²) >= 11 is 0. The lowest BCUT2D eigenvalue weighted by Gasteiger charge is -2.08. The molecule has 0 fully saturated rings. The smallest absolute Gasteiger partial charge is 0.195 e. The molecule has 0 saturated heterocycles. The molecule has 21 heavy (non-hydrogen) atoms. The second-order valence-corrected chi connectivity index (χ2v) is 4.34. The van der Waals surface area contributed by atoms with Crippen LogP contribution < -0.4 is 5.69 Å². The van der Waals surface area contributed by atoms with Crippen LogP contribution in [0, 0.1) is 7.05 Å². The van der Waals surface area contributed by atoms with Gasteiger partial charge in [0.05, 0.1) is 0 Å². The Bertz CT molecular complexity index is 821. The Labute approximate surface area is 120 Å². The van der Waals surface area contributed by atoms with E-state index in [4.69, 9.17) is 0 Å². The van der Waals surface area contributed by atoms with Crippen molar-refractivity contribution in [3.63, 3.8) is 0 Å². The first-order valence-corrected chi connectivity index (χ1v) is 6.47. The molecule has 106 valence electrons. The molecule has 7 nitrogen and oxygen atoms in total. The number of aromatic nitrogens is 6. The van der Waals surface area contributed by atoms with Gasteiger partial charge in [-0.25, -0.2) is 15.0 Å². The molecule has 0 aliphatic heterocycles. The van der Waals surface area contributed by atoms with Gasteiger partial charge in [-0.1, -0.05) is 13.0 Å². The molecule has 0 atom stereocenters. The van der Waals surface area contributed by atoms with Gasteiger partial charge in [-0.05, 0) is 18.2 Å². The highest BCUT2D eigenvalue weighted by Gasteiger charge is 2.09. The highest BCUT2D eigenvalue weighted by molar-refractivity contribution is 5.50. The van der Waals surface area contributed by atoms with E-state index in [1.54, 1.807) is 36.7 Å². The molecule has 0 radical (unpaired) electrons. The van der Waals surface area contributed by atoms with Gasteiger partial charge in [-0.3, -0.25) is 0 Å². The zero-order valence-electron chi connectivity index (χ0n) is 11.5. The summed E-state index contributed by atoms with van der Waals surface area (Å²) in [4.78, 5) is 24.9. The SMILES string of the molecule is [CH2-]n1nc(CC)n(-c2cccc(-c3ncccn3)n2)c1=O. The van der Waals surface area contributed by atoms with Crippen LogP contribution in [0.15, 0.2) is 41.5 Å². The van der Waals surface area contributed by atoms with Gasteiger partial charge in [-0.2, -0.15) is 12.1 Å². The number of pyridine rings is 1. The third kappa shape index (κ3) is 2.29. The van der Waals surface area contributed by atoms with Crippen molar-refractivity contribution in [1.82, 2.24) is 29.3 Å². The second-order valence-electron chi connectivity index (χ2n) is 4.34. The lowest BCUT2D eigenvalue weighted by Crippen LogP contribution is -2.22. The van der Waals surface area contributed by atoms with E-state index in [2.05, 4.69) is 27.1 Å². The summed E-state index contributed by atoms with van der Waals surface area (Å²) in [6.45, 7) is 1.92. The quantitative estimate of drug-likeness (QED) is 0.671. The van der Waals surface area contributed by atoms with Gasteiger partial charge in [0.2, 0.25) is 0 Å². The zero-order valence-corrected chi connectivity index (χ0v) is 11.5. The first-order valence-electron chi connectivity index (χ1n) is 6.47. The van der Waals surface area contributed by atoms with Gasteiger partial charge < -0.3 is 14.0 Å². The number of rotatable bonds is 3. The molecule has 0 aromatic carbocycles. The molecule has 0 unspecified atom stereocenters. The highest BCUT2D eigenvalue weighted by atomic mass is 16.2. The fourth-order valence-corrected chi connectivity index (χ4v) is 2.02. The summed E-state index contributed by atoms with van der Waals surface area (Å²) < 4.78 is 2.51. The van der Waals surface area contributed by atoms with Crippen LogP contribution in [-0.2, 0) is 6.42 Å². The standard InChI is InChI=1S/C14H13N6O/c1-3-11-18-19(2)14(21)20(11)12-7-4-6-10(17-12)13-15-8-5-9-16-13/h4-9H,2-3H2,1H3/q-1. The molecule has 3 rings (SSSR count). The molecule has 3 aromatic heterocycles. The molecule has 0 bridgehead atoms. The molecule has 3 heterocycles.